The van der Waals surface area contributed by atoms with Gasteiger partial charge in [0, 0.05) is 44.7 Å². The number of hydrogen-bond acceptors (Lipinski definition) is 7. The summed E-state index contributed by atoms with van der Waals surface area (Å²) in [6.07, 6.45) is 1.58. The van der Waals surface area contributed by atoms with Gasteiger partial charge in [-0.25, -0.2) is 13.5 Å². The van der Waals surface area contributed by atoms with Crippen LogP contribution in [0.3, 0.4) is 0 Å². The van der Waals surface area contributed by atoms with Gasteiger partial charge in [0.1, 0.15) is 11.4 Å². The Morgan fingerprint density at radius 2 is 1.93 bits per heavy atom. The van der Waals surface area contributed by atoms with E-state index in [0.29, 0.717) is 31.9 Å². The number of ether oxygens (including phenoxy) is 1. The van der Waals surface area contributed by atoms with E-state index in [-0.39, 0.29) is 42.0 Å². The first-order chi connectivity index (χ1) is 14.4. The van der Waals surface area contributed by atoms with Crippen LogP contribution in [-0.2, 0) is 16.1 Å². The fourth-order valence-corrected chi connectivity index (χ4v) is 3.23. The van der Waals surface area contributed by atoms with E-state index >= 15 is 0 Å². The van der Waals surface area contributed by atoms with Crippen LogP contribution in [0.25, 0.3) is 5.69 Å². The number of amides is 1. The van der Waals surface area contributed by atoms with Crippen molar-refractivity contribution in [3.63, 3.8) is 0 Å². The van der Waals surface area contributed by atoms with Gasteiger partial charge in [-0.2, -0.15) is 0 Å². The molecule has 1 aliphatic heterocycles. The molecule has 0 saturated carbocycles. The second-order valence-corrected chi connectivity index (χ2v) is 6.97. The number of thiocarbonyl (C=S) groups is 1. The third kappa shape index (κ3) is 5.00. The molecule has 162 valence electrons. The molecule has 0 unspecified atom stereocenters. The van der Waals surface area contributed by atoms with Crippen molar-refractivity contribution in [2.24, 2.45) is 0 Å². The molecule has 2 N–H and O–H groups in total. The molecule has 1 aromatic carbocycles. The standard InChI is InChI=1S/C18H22F2N6O3S/c1-29-18(30)21-10-12-11-26(23-22-12)13-8-14(19)17(15(20)9-13)25-5-3-24(4-6-25)16(28)2-7-27/h8-9,11,27H,2-7,10H2,1H3,(H,21,30). The summed E-state index contributed by atoms with van der Waals surface area (Å²) >= 11 is 4.87. The highest BCUT2D eigenvalue weighted by atomic mass is 32.1. The van der Waals surface area contributed by atoms with Crippen molar-refractivity contribution in [3.8, 4) is 5.69 Å². The molecule has 30 heavy (non-hydrogen) atoms. The van der Waals surface area contributed by atoms with E-state index in [2.05, 4.69) is 15.6 Å². The first-order valence-electron chi connectivity index (χ1n) is 9.29. The molecular weight excluding hydrogens is 418 g/mol. The second-order valence-electron chi connectivity index (χ2n) is 6.60. The molecule has 3 rings (SSSR count). The molecule has 2 aromatic rings. The number of carbonyl (C=O) groups is 1. The minimum Gasteiger partial charge on any atom is -0.474 e. The van der Waals surface area contributed by atoms with Gasteiger partial charge in [-0.15, -0.1) is 5.10 Å². The number of aliphatic hydroxyl groups excluding tert-OH is 1. The SMILES string of the molecule is COC(=S)NCc1cn(-c2cc(F)c(N3CCN(C(=O)CCO)CC3)c(F)c2)nn1. The molecule has 0 bridgehead atoms. The van der Waals surface area contributed by atoms with Crippen molar-refractivity contribution in [1.29, 1.82) is 0 Å². The van der Waals surface area contributed by atoms with Gasteiger partial charge in [0.2, 0.25) is 5.91 Å². The van der Waals surface area contributed by atoms with Crippen molar-refractivity contribution < 1.29 is 23.4 Å². The topological polar surface area (TPSA) is 95.8 Å². The summed E-state index contributed by atoms with van der Waals surface area (Å²) in [5, 5.41) is 19.7. The van der Waals surface area contributed by atoms with Crippen LogP contribution in [0, 0.1) is 11.6 Å². The number of anilines is 1. The zero-order chi connectivity index (χ0) is 21.7. The highest BCUT2D eigenvalue weighted by Crippen LogP contribution is 2.27. The first kappa shape index (κ1) is 21.8. The lowest BCUT2D eigenvalue weighted by Gasteiger charge is -2.36. The van der Waals surface area contributed by atoms with Crippen molar-refractivity contribution in [1.82, 2.24) is 25.2 Å². The van der Waals surface area contributed by atoms with Crippen LogP contribution in [0.5, 0.6) is 0 Å². The third-order valence-electron chi connectivity index (χ3n) is 4.68. The second kappa shape index (κ2) is 9.76. The van der Waals surface area contributed by atoms with Gasteiger partial charge in [0.15, 0.2) is 11.6 Å². The van der Waals surface area contributed by atoms with E-state index in [1.54, 1.807) is 9.80 Å². The number of aliphatic hydroxyl groups is 1. The van der Waals surface area contributed by atoms with Crippen molar-refractivity contribution in [2.75, 3.05) is 44.8 Å². The number of methoxy groups -OCH3 is 1. The van der Waals surface area contributed by atoms with Crippen LogP contribution >= 0.6 is 12.2 Å². The summed E-state index contributed by atoms with van der Waals surface area (Å²) < 4.78 is 35.6. The monoisotopic (exact) mass is 440 g/mol. The van der Waals surface area contributed by atoms with Crippen LogP contribution < -0.4 is 10.2 Å². The maximum Gasteiger partial charge on any atom is 0.256 e. The van der Waals surface area contributed by atoms with Gasteiger partial charge < -0.3 is 25.0 Å². The molecule has 1 aromatic heterocycles. The largest absolute Gasteiger partial charge is 0.474 e. The van der Waals surface area contributed by atoms with Gasteiger partial charge in [-0.3, -0.25) is 4.79 Å². The average molecular weight is 440 g/mol. The lowest BCUT2D eigenvalue weighted by molar-refractivity contribution is -0.132. The molecule has 1 saturated heterocycles. The number of carbonyl (C=O) groups excluding carboxylic acids is 1. The Labute approximate surface area is 177 Å². The van der Waals surface area contributed by atoms with E-state index in [9.17, 15) is 13.6 Å². The van der Waals surface area contributed by atoms with Crippen LogP contribution in [-0.4, -0.2) is 76.0 Å². The summed E-state index contributed by atoms with van der Waals surface area (Å²) in [6.45, 7) is 1.30. The summed E-state index contributed by atoms with van der Waals surface area (Å²) in [5.74, 6) is -1.62. The number of piperazine rings is 1. The number of halogens is 2. The van der Waals surface area contributed by atoms with Gasteiger partial charge in [0.05, 0.1) is 32.1 Å². The fraction of sp³-hybridized carbons (Fsp3) is 0.444. The molecule has 0 spiro atoms. The fourth-order valence-electron chi connectivity index (χ4n) is 3.16. The number of benzene rings is 1. The predicted molar refractivity (Wildman–Crippen MR) is 108 cm³/mol. The molecule has 0 atom stereocenters. The Morgan fingerprint density at radius 3 is 2.53 bits per heavy atom. The highest BCUT2D eigenvalue weighted by molar-refractivity contribution is 7.80. The Morgan fingerprint density at radius 1 is 1.27 bits per heavy atom. The molecule has 0 aliphatic carbocycles. The van der Waals surface area contributed by atoms with Crippen LogP contribution in [0.2, 0.25) is 0 Å². The Balaban J connectivity index is 1.70. The molecule has 1 aliphatic rings. The van der Waals surface area contributed by atoms with Gasteiger partial charge >= 0.3 is 0 Å². The van der Waals surface area contributed by atoms with E-state index in [1.807, 2.05) is 0 Å². The number of hydrogen-bond donors (Lipinski definition) is 2. The number of nitrogens with one attached hydrogen (secondary N) is 1. The van der Waals surface area contributed by atoms with Gasteiger partial charge in [0.25, 0.3) is 5.17 Å². The van der Waals surface area contributed by atoms with E-state index in [4.69, 9.17) is 22.1 Å². The lowest BCUT2D eigenvalue weighted by atomic mass is 10.2. The molecule has 0 radical (unpaired) electrons. The van der Waals surface area contributed by atoms with Crippen molar-refractivity contribution in [3.05, 3.63) is 35.7 Å². The van der Waals surface area contributed by atoms with Crippen LogP contribution in [0.15, 0.2) is 18.3 Å². The quantitative estimate of drug-likeness (QED) is 0.631. The average Bonchev–Trinajstić information content (AvgIpc) is 3.21. The van der Waals surface area contributed by atoms with E-state index in [1.165, 1.54) is 30.1 Å². The smallest absolute Gasteiger partial charge is 0.256 e. The molecular formula is C18H22F2N6O3S. The highest BCUT2D eigenvalue weighted by Gasteiger charge is 2.25. The predicted octanol–water partition coefficient (Wildman–Crippen LogP) is 0.597. The molecule has 2 heterocycles. The van der Waals surface area contributed by atoms with Crippen molar-refractivity contribution >= 4 is 29.0 Å². The third-order valence-corrected chi connectivity index (χ3v) is 4.99. The zero-order valence-electron chi connectivity index (χ0n) is 16.3. The maximum absolute atomic E-state index is 14.8. The van der Waals surface area contributed by atoms with E-state index in [0.717, 1.165) is 0 Å². The molecule has 9 nitrogen and oxygen atoms in total. The minimum absolute atomic E-state index is 0.0457. The van der Waals surface area contributed by atoms with Crippen LogP contribution in [0.4, 0.5) is 14.5 Å². The van der Waals surface area contributed by atoms with Gasteiger partial charge in [-0.1, -0.05) is 5.21 Å². The summed E-state index contributed by atoms with van der Waals surface area (Å²) in [4.78, 5) is 15.0. The Bertz CT molecular complexity index is 894. The summed E-state index contributed by atoms with van der Waals surface area (Å²) in [6, 6.07) is 2.38. The van der Waals surface area contributed by atoms with E-state index < -0.39 is 11.6 Å². The lowest BCUT2D eigenvalue weighted by Crippen LogP contribution is -2.49. The summed E-state index contributed by atoms with van der Waals surface area (Å²) in [5.41, 5.74) is 0.571. The molecule has 1 fully saturated rings. The Kier molecular flexibility index (Phi) is 7.11. The van der Waals surface area contributed by atoms with Gasteiger partial charge in [-0.05, 0) is 12.2 Å². The normalized spacial score (nSPS) is 14.0. The van der Waals surface area contributed by atoms with Crippen molar-refractivity contribution in [2.45, 2.75) is 13.0 Å². The zero-order valence-corrected chi connectivity index (χ0v) is 17.2. The Hall–Kier alpha value is -2.86. The molecule has 12 heteroatoms. The number of aromatic nitrogens is 3. The minimum atomic E-state index is -0.726. The first-order valence-corrected chi connectivity index (χ1v) is 9.69. The molecule has 1 amide bonds. The number of nitrogens with zero attached hydrogens (tertiary/aromatic N) is 5. The number of rotatable bonds is 6. The van der Waals surface area contributed by atoms with Crippen LogP contribution in [0.1, 0.15) is 12.1 Å². The maximum atomic E-state index is 14.8. The summed E-state index contributed by atoms with van der Waals surface area (Å²) in [7, 11) is 1.44.